The zero-order chi connectivity index (χ0) is 13.8. The van der Waals surface area contributed by atoms with E-state index >= 15 is 0 Å². The Hall–Kier alpha value is -1.89. The van der Waals surface area contributed by atoms with Crippen LogP contribution in [0, 0.1) is 11.3 Å². The summed E-state index contributed by atoms with van der Waals surface area (Å²) in [4.78, 5) is 16.3. The number of rotatable bonds is 3. The Bertz CT molecular complexity index is 630. The van der Waals surface area contributed by atoms with Crippen molar-refractivity contribution in [2.24, 2.45) is 0 Å². The molecule has 1 aromatic heterocycles. The molecule has 1 heterocycles. The van der Waals surface area contributed by atoms with E-state index in [1.54, 1.807) is 18.2 Å². The van der Waals surface area contributed by atoms with Crippen molar-refractivity contribution in [1.82, 2.24) is 4.98 Å². The van der Waals surface area contributed by atoms with E-state index in [-0.39, 0.29) is 5.78 Å². The van der Waals surface area contributed by atoms with Gasteiger partial charge in [-0.1, -0.05) is 29.3 Å². The number of benzene rings is 1. The molecule has 1 aromatic carbocycles. The lowest BCUT2D eigenvalue weighted by Gasteiger charge is -2.08. The van der Waals surface area contributed by atoms with Crippen molar-refractivity contribution < 1.29 is 4.79 Å². The number of ketones is 1. The van der Waals surface area contributed by atoms with Gasteiger partial charge in [-0.05, 0) is 30.3 Å². The van der Waals surface area contributed by atoms with Gasteiger partial charge in [0.2, 0.25) is 0 Å². The fourth-order valence-corrected chi connectivity index (χ4v) is 2.19. The normalized spacial score (nSPS) is 11.6. The lowest BCUT2D eigenvalue weighted by molar-refractivity contribution is 0.0977. The molecular weight excluding hydrogens is 283 g/mol. The third-order valence-corrected chi connectivity index (χ3v) is 2.96. The van der Waals surface area contributed by atoms with Crippen LogP contribution in [0.15, 0.2) is 42.6 Å². The van der Waals surface area contributed by atoms with Crippen molar-refractivity contribution in [3.63, 3.8) is 0 Å². The summed E-state index contributed by atoms with van der Waals surface area (Å²) in [6.07, 6.45) is 1.54. The van der Waals surface area contributed by atoms with Gasteiger partial charge in [0.15, 0.2) is 11.7 Å². The van der Waals surface area contributed by atoms with Crippen LogP contribution in [0.25, 0.3) is 0 Å². The van der Waals surface area contributed by atoms with Crippen LogP contribution in [0.5, 0.6) is 0 Å². The van der Waals surface area contributed by atoms with E-state index < -0.39 is 5.92 Å². The third-order valence-electron chi connectivity index (χ3n) is 2.52. The lowest BCUT2D eigenvalue weighted by Crippen LogP contribution is -2.12. The predicted octanol–water partition coefficient (Wildman–Crippen LogP) is 3.88. The van der Waals surface area contributed by atoms with Gasteiger partial charge in [0, 0.05) is 21.8 Å². The fourth-order valence-electron chi connectivity index (χ4n) is 1.67. The molecule has 0 saturated heterocycles. The molecule has 19 heavy (non-hydrogen) atoms. The van der Waals surface area contributed by atoms with Crippen molar-refractivity contribution in [1.29, 1.82) is 5.26 Å². The summed E-state index contributed by atoms with van der Waals surface area (Å²) in [6, 6.07) is 11.6. The molecule has 1 atom stereocenters. The van der Waals surface area contributed by atoms with Gasteiger partial charge in [-0.25, -0.2) is 0 Å². The van der Waals surface area contributed by atoms with E-state index in [2.05, 4.69) is 4.98 Å². The molecule has 94 valence electrons. The molecule has 0 aliphatic carbocycles. The van der Waals surface area contributed by atoms with E-state index in [1.165, 1.54) is 24.4 Å². The Balaban J connectivity index is 2.40. The summed E-state index contributed by atoms with van der Waals surface area (Å²) in [6.45, 7) is 0. The minimum Gasteiger partial charge on any atom is -0.292 e. The number of hydrogen-bond donors (Lipinski definition) is 0. The monoisotopic (exact) mass is 290 g/mol. The van der Waals surface area contributed by atoms with Crippen LogP contribution in [-0.2, 0) is 0 Å². The van der Waals surface area contributed by atoms with E-state index in [1.807, 2.05) is 6.07 Å². The van der Waals surface area contributed by atoms with E-state index in [4.69, 9.17) is 23.2 Å². The highest BCUT2D eigenvalue weighted by molar-refractivity contribution is 6.35. The van der Waals surface area contributed by atoms with Crippen molar-refractivity contribution in [3.05, 3.63) is 63.9 Å². The molecule has 0 fully saturated rings. The summed E-state index contributed by atoms with van der Waals surface area (Å²) in [7, 11) is 0. The molecule has 2 aromatic rings. The van der Waals surface area contributed by atoms with Crippen LogP contribution >= 0.6 is 23.2 Å². The summed E-state index contributed by atoms with van der Waals surface area (Å²) in [5.41, 5.74) is 0.709. The highest BCUT2D eigenvalue weighted by Crippen LogP contribution is 2.24. The number of nitriles is 1. The van der Waals surface area contributed by atoms with Crippen molar-refractivity contribution in [2.75, 3.05) is 0 Å². The minimum absolute atomic E-state index is 0.301. The first-order valence-electron chi connectivity index (χ1n) is 5.42. The van der Waals surface area contributed by atoms with Crippen LogP contribution < -0.4 is 0 Å². The number of hydrogen-bond acceptors (Lipinski definition) is 3. The third kappa shape index (κ3) is 3.11. The summed E-state index contributed by atoms with van der Waals surface area (Å²) >= 11 is 11.7. The first-order chi connectivity index (χ1) is 9.11. The molecule has 5 heteroatoms. The first kappa shape index (κ1) is 13.5. The second-order valence-electron chi connectivity index (χ2n) is 3.84. The minimum atomic E-state index is -0.962. The summed E-state index contributed by atoms with van der Waals surface area (Å²) in [5, 5.41) is 9.88. The van der Waals surface area contributed by atoms with Gasteiger partial charge in [-0.15, -0.1) is 0 Å². The summed E-state index contributed by atoms with van der Waals surface area (Å²) < 4.78 is 0. The lowest BCUT2D eigenvalue weighted by atomic mass is 9.95. The van der Waals surface area contributed by atoms with E-state index in [0.29, 0.717) is 21.3 Å². The van der Waals surface area contributed by atoms with Crippen LogP contribution in [0.1, 0.15) is 22.0 Å². The molecule has 1 unspecified atom stereocenters. The van der Waals surface area contributed by atoms with Gasteiger partial charge in [0.05, 0.1) is 11.8 Å². The van der Waals surface area contributed by atoms with Gasteiger partial charge < -0.3 is 0 Å². The van der Waals surface area contributed by atoms with Gasteiger partial charge in [0.25, 0.3) is 0 Å². The van der Waals surface area contributed by atoms with Crippen LogP contribution in [0.2, 0.25) is 10.0 Å². The molecule has 0 aliphatic rings. The second-order valence-corrected chi connectivity index (χ2v) is 4.71. The zero-order valence-electron chi connectivity index (χ0n) is 9.68. The smallest absolute Gasteiger partial charge is 0.186 e. The van der Waals surface area contributed by atoms with Crippen molar-refractivity contribution in [3.8, 4) is 6.07 Å². The number of aromatic nitrogens is 1. The van der Waals surface area contributed by atoms with Gasteiger partial charge in [-0.3, -0.25) is 9.78 Å². The SMILES string of the molecule is N#CC(C(=O)c1cc(Cl)cc(Cl)c1)c1ccccn1. The van der Waals surface area contributed by atoms with Crippen molar-refractivity contribution >= 4 is 29.0 Å². The highest BCUT2D eigenvalue weighted by Gasteiger charge is 2.23. The quantitative estimate of drug-likeness (QED) is 0.806. The number of halogens is 2. The average molecular weight is 291 g/mol. The number of nitrogens with zero attached hydrogens (tertiary/aromatic N) is 2. The summed E-state index contributed by atoms with van der Waals surface area (Å²) in [5.74, 6) is -1.33. The molecule has 0 spiro atoms. The maximum atomic E-state index is 12.3. The van der Waals surface area contributed by atoms with Crippen LogP contribution in [0.4, 0.5) is 0 Å². The largest absolute Gasteiger partial charge is 0.292 e. The van der Waals surface area contributed by atoms with E-state index in [9.17, 15) is 10.1 Å². The molecule has 0 saturated carbocycles. The van der Waals surface area contributed by atoms with Crippen LogP contribution in [-0.4, -0.2) is 10.8 Å². The van der Waals surface area contributed by atoms with E-state index in [0.717, 1.165) is 0 Å². The zero-order valence-corrected chi connectivity index (χ0v) is 11.2. The number of Topliss-reactive ketones (excluding diaryl/α,β-unsaturated/α-hetero) is 1. The molecule has 3 nitrogen and oxygen atoms in total. The molecule has 2 rings (SSSR count). The average Bonchev–Trinajstić information content (AvgIpc) is 2.39. The molecular formula is C14H8Cl2N2O. The predicted molar refractivity (Wildman–Crippen MR) is 73.4 cm³/mol. The van der Waals surface area contributed by atoms with Gasteiger partial charge >= 0.3 is 0 Å². The second kappa shape index (κ2) is 5.83. The first-order valence-corrected chi connectivity index (χ1v) is 6.18. The Morgan fingerprint density at radius 2 is 1.89 bits per heavy atom. The van der Waals surface area contributed by atoms with Gasteiger partial charge in [-0.2, -0.15) is 5.26 Å². The molecule has 0 radical (unpaired) electrons. The van der Waals surface area contributed by atoms with Crippen molar-refractivity contribution in [2.45, 2.75) is 5.92 Å². The standard InChI is InChI=1S/C14H8Cl2N2O/c15-10-5-9(6-11(16)7-10)14(19)12(8-17)13-3-1-2-4-18-13/h1-7,12H. The number of pyridine rings is 1. The molecule has 0 N–H and O–H groups in total. The van der Waals surface area contributed by atoms with Crippen LogP contribution in [0.3, 0.4) is 0 Å². The van der Waals surface area contributed by atoms with Gasteiger partial charge in [0.1, 0.15) is 0 Å². The number of carbonyl (C=O) groups excluding carboxylic acids is 1. The Morgan fingerprint density at radius 3 is 2.42 bits per heavy atom. The highest BCUT2D eigenvalue weighted by atomic mass is 35.5. The molecule has 0 bridgehead atoms. The maximum Gasteiger partial charge on any atom is 0.186 e. The molecule has 0 aliphatic heterocycles. The Kier molecular flexibility index (Phi) is 4.16. The maximum absolute atomic E-state index is 12.3. The Labute approximate surface area is 120 Å². The Morgan fingerprint density at radius 1 is 1.21 bits per heavy atom. The number of carbonyl (C=O) groups is 1. The topological polar surface area (TPSA) is 53.8 Å². The molecule has 0 amide bonds. The fraction of sp³-hybridized carbons (Fsp3) is 0.0714.